The Morgan fingerprint density at radius 3 is 0.930 bits per heavy atom. The summed E-state index contributed by atoms with van der Waals surface area (Å²) in [4.78, 5) is 84.3. The predicted octanol–water partition coefficient (Wildman–Crippen LogP) is 15.2. The number of hydrogen-bond donors (Lipinski definition) is 1. The van der Waals surface area contributed by atoms with Crippen LogP contribution in [0.1, 0.15) is 94.1 Å². The van der Waals surface area contributed by atoms with Gasteiger partial charge < -0.3 is 5.11 Å². The first kappa shape index (κ1) is 63.9. The number of halogens is 6. The first-order valence-electron chi connectivity index (χ1n) is 27.1. The summed E-state index contributed by atoms with van der Waals surface area (Å²) in [7, 11) is 2.91. The van der Waals surface area contributed by atoms with Crippen molar-refractivity contribution >= 4 is 87.3 Å². The number of ketones is 1. The summed E-state index contributed by atoms with van der Waals surface area (Å²) < 4.78 is 8.66. The minimum atomic E-state index is -1.16. The normalized spacial score (nSPS) is 10.9. The number of carbonyl (C=O) groups excluding carboxylic acids is 2. The molecule has 0 aliphatic rings. The number of carboxylic acids is 1. The van der Waals surface area contributed by atoms with Gasteiger partial charge in [0.15, 0.2) is 5.69 Å². The molecular formula is C65H57Cl6N7O8. The van der Waals surface area contributed by atoms with Gasteiger partial charge in [-0.1, -0.05) is 140 Å². The predicted molar refractivity (Wildman–Crippen MR) is 342 cm³/mol. The zero-order chi connectivity index (χ0) is 61.9. The number of hydrogen-bond acceptors (Lipinski definition) is 7. The van der Waals surface area contributed by atoms with Gasteiger partial charge in [-0.15, -0.1) is 0 Å². The molecule has 0 fully saturated rings. The number of amides is 1. The molecule has 21 heteroatoms. The van der Waals surface area contributed by atoms with E-state index in [0.29, 0.717) is 118 Å². The van der Waals surface area contributed by atoms with E-state index in [1.807, 2.05) is 39.0 Å². The molecular weight excluding hydrogens is 1220 g/mol. The highest BCUT2D eigenvalue weighted by atomic mass is 35.5. The fourth-order valence-corrected chi connectivity index (χ4v) is 10.5. The highest BCUT2D eigenvalue weighted by Gasteiger charge is 2.31. The fourth-order valence-electron chi connectivity index (χ4n) is 9.73. The Morgan fingerprint density at radius 1 is 0.395 bits per heavy atom. The third kappa shape index (κ3) is 13.9. The van der Waals surface area contributed by atoms with Crippen LogP contribution in [0.25, 0.3) is 34.1 Å². The highest BCUT2D eigenvalue weighted by molar-refractivity contribution is 6.32. The lowest BCUT2D eigenvalue weighted by atomic mass is 10.0. The van der Waals surface area contributed by atoms with Crippen LogP contribution in [0.5, 0.6) is 0 Å². The Bertz CT molecular complexity index is 4210. The van der Waals surface area contributed by atoms with Crippen molar-refractivity contribution in [2.45, 2.75) is 59.3 Å². The minimum absolute atomic E-state index is 0.0471. The third-order valence-corrected chi connectivity index (χ3v) is 15.1. The molecule has 3 aromatic heterocycles. The molecule has 0 atom stereocenters. The average molecular weight is 1280 g/mol. The van der Waals surface area contributed by atoms with Crippen molar-refractivity contribution in [1.82, 2.24) is 32.5 Å². The highest BCUT2D eigenvalue weighted by Crippen LogP contribution is 2.28. The van der Waals surface area contributed by atoms with Crippen molar-refractivity contribution in [2.75, 3.05) is 14.2 Å². The number of carbonyl (C=O) groups is 3. The van der Waals surface area contributed by atoms with Crippen LogP contribution in [-0.4, -0.2) is 69.4 Å². The molecule has 0 unspecified atom stereocenters. The molecule has 15 nitrogen and oxygen atoms in total. The van der Waals surface area contributed by atoms with E-state index in [4.69, 9.17) is 74.4 Å². The van der Waals surface area contributed by atoms with Gasteiger partial charge in [-0.05, 0) is 165 Å². The van der Waals surface area contributed by atoms with Crippen LogP contribution in [0.4, 0.5) is 0 Å². The van der Waals surface area contributed by atoms with Crippen LogP contribution in [0.3, 0.4) is 0 Å². The maximum Gasteiger partial charge on any atom is 0.354 e. The van der Waals surface area contributed by atoms with Crippen LogP contribution < -0.4 is 17.1 Å². The molecule has 0 saturated carbocycles. The summed E-state index contributed by atoms with van der Waals surface area (Å²) in [5, 5.41) is 14.2. The number of nitrogens with zero attached hydrogens (tertiary/aromatic N) is 7. The summed E-state index contributed by atoms with van der Waals surface area (Å²) in [5.74, 6) is -1.78. The second-order valence-electron chi connectivity index (χ2n) is 19.3. The van der Waals surface area contributed by atoms with E-state index < -0.39 is 17.6 Å². The van der Waals surface area contributed by atoms with Crippen LogP contribution >= 0.6 is 69.6 Å². The lowest BCUT2D eigenvalue weighted by Crippen LogP contribution is -2.30. The van der Waals surface area contributed by atoms with Gasteiger partial charge in [0.1, 0.15) is 11.4 Å². The Kier molecular flexibility index (Phi) is 21.4. The van der Waals surface area contributed by atoms with Crippen molar-refractivity contribution in [1.29, 1.82) is 0 Å². The number of rotatable bonds is 17. The zero-order valence-electron chi connectivity index (χ0n) is 47.2. The van der Waals surface area contributed by atoms with Gasteiger partial charge in [0.25, 0.3) is 5.91 Å². The Labute approximate surface area is 525 Å². The maximum absolute atomic E-state index is 13.7. The van der Waals surface area contributed by atoms with Gasteiger partial charge in [0.05, 0.1) is 58.3 Å². The number of aromatic nitrogens is 6. The number of imidazole rings is 3. The van der Waals surface area contributed by atoms with Gasteiger partial charge >= 0.3 is 23.0 Å². The van der Waals surface area contributed by atoms with Crippen LogP contribution in [-0.2, 0) is 24.1 Å². The first-order valence-corrected chi connectivity index (χ1v) is 29.4. The number of hydroxylamine groups is 2. The second-order valence-corrected chi connectivity index (χ2v) is 22.0. The summed E-state index contributed by atoms with van der Waals surface area (Å²) in [5.41, 5.74) is 5.10. The molecule has 86 heavy (non-hydrogen) atoms. The average Bonchev–Trinajstić information content (AvgIpc) is 4.26. The molecule has 7 aromatic carbocycles. The van der Waals surface area contributed by atoms with Crippen molar-refractivity contribution in [3.63, 3.8) is 0 Å². The maximum atomic E-state index is 13.7. The van der Waals surface area contributed by atoms with Crippen molar-refractivity contribution in [3.05, 3.63) is 277 Å². The molecule has 442 valence electrons. The lowest BCUT2D eigenvalue weighted by Gasteiger charge is -2.16. The van der Waals surface area contributed by atoms with Crippen molar-refractivity contribution < 1.29 is 24.3 Å². The molecule has 10 rings (SSSR count). The third-order valence-electron chi connectivity index (χ3n) is 13.6. The van der Waals surface area contributed by atoms with E-state index in [1.165, 1.54) is 32.4 Å². The van der Waals surface area contributed by atoms with Crippen LogP contribution in [0.15, 0.2) is 190 Å². The number of carboxylic acid groups (broad SMARTS) is 1. The van der Waals surface area contributed by atoms with Gasteiger partial charge in [0, 0.05) is 42.7 Å². The number of aromatic carboxylic acids is 1. The summed E-state index contributed by atoms with van der Waals surface area (Å²) in [6, 6.07) is 49.8. The van der Waals surface area contributed by atoms with Gasteiger partial charge in [-0.25, -0.2) is 24.2 Å². The molecule has 0 aliphatic carbocycles. The van der Waals surface area contributed by atoms with E-state index in [0.717, 1.165) is 17.9 Å². The molecule has 0 saturated heterocycles. The van der Waals surface area contributed by atoms with E-state index in [9.17, 15) is 33.9 Å². The van der Waals surface area contributed by atoms with E-state index in [-0.39, 0.29) is 28.6 Å². The molecule has 1 amide bonds. The fraction of sp³-hybridized carbons (Fsp3) is 0.169. The summed E-state index contributed by atoms with van der Waals surface area (Å²) >= 11 is 36.0. The second kappa shape index (κ2) is 28.8. The monoisotopic (exact) mass is 1270 g/mol. The molecule has 3 heterocycles. The smallest absolute Gasteiger partial charge is 0.354 e. The van der Waals surface area contributed by atoms with Crippen LogP contribution in [0.2, 0.25) is 30.1 Å². The lowest BCUT2D eigenvalue weighted by molar-refractivity contribution is -0.0762. The van der Waals surface area contributed by atoms with E-state index in [2.05, 4.69) is 0 Å². The largest absolute Gasteiger partial charge is 0.477 e. The number of benzene rings is 7. The van der Waals surface area contributed by atoms with Gasteiger partial charge in [-0.2, -0.15) is 0 Å². The van der Waals surface area contributed by atoms with Crippen molar-refractivity contribution in [2.24, 2.45) is 0 Å². The molecule has 0 aliphatic heterocycles. The Balaban J connectivity index is 0.000000168. The molecule has 0 bridgehead atoms. The van der Waals surface area contributed by atoms with E-state index >= 15 is 0 Å². The zero-order valence-corrected chi connectivity index (χ0v) is 51.7. The quantitative estimate of drug-likeness (QED) is 0.0695. The molecule has 1 N–H and O–H groups in total. The van der Waals surface area contributed by atoms with E-state index in [1.54, 1.807) is 167 Å². The standard InChI is InChI=1S/C25H20Cl2N2O2.C21H21Cl2N3O3.C19H16Cl2N2O3/c1-2-6-22-23(24(30)17-7-4-3-5-8-17)29(21-15-11-19(27)12-16-21)25(31)28(22)20-13-9-18(26)10-14-20;1-4-5-18-19(20(27)24(2)29-3)26(17-12-8-15(23)9-13-17)21(28)25(18)16-10-6-14(22)7-11-16;1-2-3-16-17(18(24)25)23(15-10-6-13(21)7-11-15)19(26)22(16)14-8-4-12(20)5-9-14/h3-5,7-16H,2,6H2,1H3;6-13H,4-5H2,1-3H3;4-11H,2-3H2,1H3,(H,24,25). The molecule has 0 spiro atoms. The van der Waals surface area contributed by atoms with Gasteiger partial charge in [-0.3, -0.25) is 41.8 Å². The topological polar surface area (TPSA) is 165 Å². The molecule has 0 radical (unpaired) electrons. The first-order chi connectivity index (χ1) is 41.3. The minimum Gasteiger partial charge on any atom is -0.477 e. The Morgan fingerprint density at radius 2 is 0.651 bits per heavy atom. The Hall–Kier alpha value is -8.12. The van der Waals surface area contributed by atoms with Crippen LogP contribution in [0, 0.1) is 0 Å². The van der Waals surface area contributed by atoms with Crippen molar-refractivity contribution in [3.8, 4) is 34.1 Å². The SMILES string of the molecule is CCCc1c(C(=O)N(C)OC)n(-c2ccc(Cl)cc2)c(=O)n1-c1ccc(Cl)cc1.CCCc1c(C(=O)O)n(-c2ccc(Cl)cc2)c(=O)n1-c1ccc(Cl)cc1.CCCc1c(C(=O)c2ccccc2)n(-c2ccc(Cl)cc2)c(=O)n1-c1ccc(Cl)cc1. The molecule has 10 aromatic rings. The van der Waals surface area contributed by atoms with Gasteiger partial charge in [0.2, 0.25) is 5.78 Å². The summed E-state index contributed by atoms with van der Waals surface area (Å²) in [6.45, 7) is 5.94. The summed E-state index contributed by atoms with van der Waals surface area (Å²) in [6.07, 6.45) is 3.74.